The Labute approximate surface area is 184 Å². The number of fused-ring (bicyclic) bond motifs is 3. The number of carbonyl (C=O) groups is 1. The van der Waals surface area contributed by atoms with Crippen molar-refractivity contribution < 1.29 is 9.53 Å². The average Bonchev–Trinajstić information content (AvgIpc) is 3.16. The molecule has 30 heavy (non-hydrogen) atoms. The van der Waals surface area contributed by atoms with Gasteiger partial charge in [0.2, 0.25) is 0 Å². The van der Waals surface area contributed by atoms with Gasteiger partial charge in [0.15, 0.2) is 5.82 Å². The number of nitrogens with one attached hydrogen (secondary N) is 1. The molecule has 1 fully saturated rings. The van der Waals surface area contributed by atoms with E-state index in [4.69, 9.17) is 9.72 Å². The maximum Gasteiger partial charge on any atom is 0.256 e. The van der Waals surface area contributed by atoms with E-state index in [9.17, 15) is 4.79 Å². The SMILES string of the molecule is CC1(C)Cc2c(c(N3CCOCC3)nc3snc(NC(=O)c4ccccc4)c23)CS1. The topological polar surface area (TPSA) is 67.3 Å². The van der Waals surface area contributed by atoms with E-state index in [0.29, 0.717) is 11.4 Å². The summed E-state index contributed by atoms with van der Waals surface area (Å²) in [5.41, 5.74) is 3.19. The molecule has 0 saturated carbocycles. The molecular weight excluding hydrogens is 416 g/mol. The second-order valence-electron chi connectivity index (χ2n) is 8.25. The van der Waals surface area contributed by atoms with Crippen LogP contribution in [-0.4, -0.2) is 46.3 Å². The minimum Gasteiger partial charge on any atom is -0.378 e. The summed E-state index contributed by atoms with van der Waals surface area (Å²) in [7, 11) is 0. The van der Waals surface area contributed by atoms with Gasteiger partial charge in [-0.2, -0.15) is 16.1 Å². The first-order valence-electron chi connectivity index (χ1n) is 10.2. The van der Waals surface area contributed by atoms with Crippen LogP contribution in [0, 0.1) is 0 Å². The zero-order valence-electron chi connectivity index (χ0n) is 17.1. The second kappa shape index (κ2) is 7.83. The molecule has 156 valence electrons. The van der Waals surface area contributed by atoms with Crippen LogP contribution >= 0.6 is 23.3 Å². The fraction of sp³-hybridized carbons (Fsp3) is 0.409. The van der Waals surface area contributed by atoms with E-state index >= 15 is 0 Å². The largest absolute Gasteiger partial charge is 0.378 e. The van der Waals surface area contributed by atoms with E-state index in [-0.39, 0.29) is 10.7 Å². The maximum atomic E-state index is 12.8. The van der Waals surface area contributed by atoms with Crippen LogP contribution in [0.4, 0.5) is 11.6 Å². The number of pyridine rings is 1. The van der Waals surface area contributed by atoms with Crippen molar-refractivity contribution in [3.63, 3.8) is 0 Å². The molecule has 2 aromatic heterocycles. The Morgan fingerprint density at radius 1 is 1.17 bits per heavy atom. The summed E-state index contributed by atoms with van der Waals surface area (Å²) in [6, 6.07) is 9.27. The van der Waals surface area contributed by atoms with E-state index in [1.165, 1.54) is 22.7 Å². The summed E-state index contributed by atoms with van der Waals surface area (Å²) < 4.78 is 10.3. The van der Waals surface area contributed by atoms with E-state index < -0.39 is 0 Å². The van der Waals surface area contributed by atoms with Crippen LogP contribution in [0.15, 0.2) is 30.3 Å². The van der Waals surface area contributed by atoms with Crippen LogP contribution in [0.1, 0.15) is 35.3 Å². The smallest absolute Gasteiger partial charge is 0.256 e. The number of anilines is 2. The summed E-state index contributed by atoms with van der Waals surface area (Å²) in [5, 5.41) is 4.04. The molecule has 1 amide bonds. The number of rotatable bonds is 3. The van der Waals surface area contributed by atoms with E-state index in [2.05, 4.69) is 28.4 Å². The van der Waals surface area contributed by atoms with Gasteiger partial charge in [0.1, 0.15) is 10.6 Å². The van der Waals surface area contributed by atoms with Crippen LogP contribution < -0.4 is 10.2 Å². The number of benzene rings is 1. The van der Waals surface area contributed by atoms with Crippen molar-refractivity contribution in [2.75, 3.05) is 36.5 Å². The molecule has 6 nitrogen and oxygen atoms in total. The van der Waals surface area contributed by atoms with Gasteiger partial charge in [0.05, 0.1) is 18.6 Å². The standard InChI is InChI=1S/C22H24N4O2S2/c1-22(2)12-15-16(13-29-22)19(26-8-10-28-11-9-26)24-21-17(15)18(25-30-21)23-20(27)14-6-4-3-5-7-14/h3-7H,8-13H2,1-2H3,(H,23,25,27). The number of morpholine rings is 1. The zero-order chi connectivity index (χ0) is 20.7. The Hall–Kier alpha value is -2.16. The lowest BCUT2D eigenvalue weighted by atomic mass is 9.95. The summed E-state index contributed by atoms with van der Waals surface area (Å²) in [6.45, 7) is 7.74. The van der Waals surface area contributed by atoms with Gasteiger partial charge in [-0.1, -0.05) is 32.0 Å². The third kappa shape index (κ3) is 3.68. The van der Waals surface area contributed by atoms with Gasteiger partial charge in [0.25, 0.3) is 5.91 Å². The molecule has 1 N–H and O–H groups in total. The molecule has 5 rings (SSSR count). The van der Waals surface area contributed by atoms with Crippen LogP contribution in [-0.2, 0) is 16.9 Å². The van der Waals surface area contributed by atoms with Crippen molar-refractivity contribution in [3.05, 3.63) is 47.0 Å². The molecule has 0 unspecified atom stereocenters. The minimum atomic E-state index is -0.141. The van der Waals surface area contributed by atoms with Gasteiger partial charge in [-0.05, 0) is 35.6 Å². The highest BCUT2D eigenvalue weighted by Crippen LogP contribution is 2.46. The summed E-state index contributed by atoms with van der Waals surface area (Å²) in [4.78, 5) is 21.0. The van der Waals surface area contributed by atoms with Crippen LogP contribution in [0.3, 0.4) is 0 Å². The molecule has 1 saturated heterocycles. The lowest BCUT2D eigenvalue weighted by Gasteiger charge is -2.35. The van der Waals surface area contributed by atoms with Gasteiger partial charge in [-0.15, -0.1) is 0 Å². The number of hydrogen-bond donors (Lipinski definition) is 1. The molecule has 0 atom stereocenters. The Bertz CT molecular complexity index is 1090. The molecule has 1 aromatic carbocycles. The van der Waals surface area contributed by atoms with Gasteiger partial charge in [0, 0.05) is 34.7 Å². The number of amides is 1. The quantitative estimate of drug-likeness (QED) is 0.653. The molecule has 2 aliphatic heterocycles. The first kappa shape index (κ1) is 19.8. The third-order valence-electron chi connectivity index (χ3n) is 5.61. The Balaban J connectivity index is 1.60. The molecule has 4 heterocycles. The number of ether oxygens (including phenoxy) is 1. The molecular formula is C22H24N4O2S2. The predicted octanol–water partition coefficient (Wildman–Crippen LogP) is 4.35. The molecule has 0 aliphatic carbocycles. The van der Waals surface area contributed by atoms with E-state index in [1.807, 2.05) is 42.1 Å². The molecule has 0 bridgehead atoms. The minimum absolute atomic E-state index is 0.131. The third-order valence-corrected chi connectivity index (χ3v) is 7.71. The lowest BCUT2D eigenvalue weighted by molar-refractivity contribution is 0.102. The van der Waals surface area contributed by atoms with Crippen LogP contribution in [0.5, 0.6) is 0 Å². The molecule has 0 spiro atoms. The summed E-state index contributed by atoms with van der Waals surface area (Å²) in [6.07, 6.45) is 0.927. The number of hydrogen-bond acceptors (Lipinski definition) is 7. The van der Waals surface area contributed by atoms with E-state index in [0.717, 1.165) is 54.5 Å². The summed E-state index contributed by atoms with van der Waals surface area (Å²) >= 11 is 3.33. The fourth-order valence-corrected chi connectivity index (χ4v) is 5.90. The van der Waals surface area contributed by atoms with Gasteiger partial charge in [-0.3, -0.25) is 4.79 Å². The fourth-order valence-electron chi connectivity index (χ4n) is 4.06. The zero-order valence-corrected chi connectivity index (χ0v) is 18.7. The highest BCUT2D eigenvalue weighted by molar-refractivity contribution is 7.99. The van der Waals surface area contributed by atoms with Gasteiger partial charge in [-0.25, -0.2) is 4.98 Å². The second-order valence-corrected chi connectivity index (χ2v) is 10.7. The highest BCUT2D eigenvalue weighted by Gasteiger charge is 2.33. The lowest BCUT2D eigenvalue weighted by Crippen LogP contribution is -2.38. The number of carbonyl (C=O) groups excluding carboxylic acids is 1. The van der Waals surface area contributed by atoms with Gasteiger partial charge < -0.3 is 15.0 Å². The Kier molecular flexibility index (Phi) is 5.16. The van der Waals surface area contributed by atoms with Crippen molar-refractivity contribution in [2.45, 2.75) is 30.8 Å². The maximum absolute atomic E-state index is 12.8. The molecule has 0 radical (unpaired) electrons. The van der Waals surface area contributed by atoms with Crippen molar-refractivity contribution in [1.82, 2.24) is 9.36 Å². The first-order chi connectivity index (χ1) is 14.5. The Morgan fingerprint density at radius 3 is 2.70 bits per heavy atom. The summed E-state index contributed by atoms with van der Waals surface area (Å²) in [5.74, 6) is 2.47. The molecule has 8 heteroatoms. The normalized spacial score (nSPS) is 18.3. The highest BCUT2D eigenvalue weighted by atomic mass is 32.2. The molecule has 3 aromatic rings. The monoisotopic (exact) mass is 440 g/mol. The van der Waals surface area contributed by atoms with Gasteiger partial charge >= 0.3 is 0 Å². The molecule has 2 aliphatic rings. The van der Waals surface area contributed by atoms with Crippen molar-refractivity contribution >= 4 is 51.1 Å². The van der Waals surface area contributed by atoms with Crippen LogP contribution in [0.25, 0.3) is 10.2 Å². The number of aromatic nitrogens is 2. The van der Waals surface area contributed by atoms with Crippen molar-refractivity contribution in [3.8, 4) is 0 Å². The first-order valence-corrected chi connectivity index (χ1v) is 11.9. The average molecular weight is 441 g/mol. The number of thioether (sulfide) groups is 1. The predicted molar refractivity (Wildman–Crippen MR) is 124 cm³/mol. The Morgan fingerprint density at radius 2 is 1.93 bits per heavy atom. The number of nitrogens with zero attached hydrogens (tertiary/aromatic N) is 3. The van der Waals surface area contributed by atoms with E-state index in [1.54, 1.807) is 0 Å². The van der Waals surface area contributed by atoms with Crippen molar-refractivity contribution in [1.29, 1.82) is 0 Å². The van der Waals surface area contributed by atoms with Crippen LogP contribution in [0.2, 0.25) is 0 Å². The van der Waals surface area contributed by atoms with Crippen molar-refractivity contribution in [2.24, 2.45) is 0 Å².